The first-order chi connectivity index (χ1) is 12.4. The average molecular weight is 360 g/mol. The molecule has 0 bridgehead atoms. The van der Waals surface area contributed by atoms with Gasteiger partial charge in [-0.1, -0.05) is 43.7 Å². The van der Waals surface area contributed by atoms with Gasteiger partial charge in [0.15, 0.2) is 0 Å². The Morgan fingerprint density at radius 1 is 1.23 bits per heavy atom. The summed E-state index contributed by atoms with van der Waals surface area (Å²) < 4.78 is 0. The van der Waals surface area contributed by atoms with Gasteiger partial charge in [-0.2, -0.15) is 0 Å². The first-order valence-corrected chi connectivity index (χ1v) is 8.50. The van der Waals surface area contributed by atoms with Crippen LogP contribution in [0.15, 0.2) is 30.3 Å². The van der Waals surface area contributed by atoms with Crippen LogP contribution in [0.5, 0.6) is 0 Å². The van der Waals surface area contributed by atoms with Crippen LogP contribution in [0.1, 0.15) is 25.3 Å². The van der Waals surface area contributed by atoms with Crippen molar-refractivity contribution in [2.45, 2.75) is 25.3 Å². The van der Waals surface area contributed by atoms with E-state index in [4.69, 9.17) is 0 Å². The molecule has 1 heterocycles. The molecule has 1 saturated heterocycles. The minimum atomic E-state index is -1.16. The maximum atomic E-state index is 13.1. The Hall–Kier alpha value is -2.90. The van der Waals surface area contributed by atoms with E-state index < -0.39 is 29.9 Å². The lowest BCUT2D eigenvalue weighted by atomic mass is 9.85. The summed E-state index contributed by atoms with van der Waals surface area (Å²) in [4.78, 5) is 51.3. The fourth-order valence-corrected chi connectivity index (χ4v) is 3.02. The van der Waals surface area contributed by atoms with Crippen LogP contribution in [0.25, 0.3) is 0 Å². The molecule has 1 atom stereocenters. The third-order valence-corrected chi connectivity index (χ3v) is 4.45. The molecule has 1 aliphatic heterocycles. The second-order valence-corrected chi connectivity index (χ2v) is 6.27. The quantitative estimate of drug-likeness (QED) is 0.689. The Kier molecular flexibility index (Phi) is 5.97. The monoisotopic (exact) mass is 360 g/mol. The Labute approximate surface area is 152 Å². The molecule has 8 heteroatoms. The fourth-order valence-electron chi connectivity index (χ4n) is 3.02. The lowest BCUT2D eigenvalue weighted by Gasteiger charge is -2.27. The SMILES string of the molecule is CCC[C@]1(c2ccccc2)NC(=O)N(CC(=O)N(C)CC(=O)NC)C1=O. The van der Waals surface area contributed by atoms with Gasteiger partial charge in [0.2, 0.25) is 11.8 Å². The predicted octanol–water partition coefficient (Wildman–Crippen LogP) is 0.438. The van der Waals surface area contributed by atoms with Crippen LogP contribution in [0.4, 0.5) is 4.79 Å². The maximum absolute atomic E-state index is 13.1. The molecule has 2 rings (SSSR count). The summed E-state index contributed by atoms with van der Waals surface area (Å²) in [5.74, 6) is -1.27. The normalized spacial score (nSPS) is 19.3. The number of carbonyl (C=O) groups is 4. The predicted molar refractivity (Wildman–Crippen MR) is 95.0 cm³/mol. The zero-order valence-electron chi connectivity index (χ0n) is 15.2. The summed E-state index contributed by atoms with van der Waals surface area (Å²) in [5, 5.41) is 5.19. The highest BCUT2D eigenvalue weighted by molar-refractivity contribution is 6.09. The maximum Gasteiger partial charge on any atom is 0.325 e. The molecule has 0 saturated carbocycles. The summed E-state index contributed by atoms with van der Waals surface area (Å²) in [6.45, 7) is 1.38. The van der Waals surface area contributed by atoms with Gasteiger partial charge in [0.1, 0.15) is 12.1 Å². The van der Waals surface area contributed by atoms with E-state index >= 15 is 0 Å². The number of nitrogens with zero attached hydrogens (tertiary/aromatic N) is 2. The van der Waals surface area contributed by atoms with Gasteiger partial charge >= 0.3 is 6.03 Å². The van der Waals surface area contributed by atoms with Gasteiger partial charge in [0, 0.05) is 14.1 Å². The number of urea groups is 1. The third-order valence-electron chi connectivity index (χ3n) is 4.45. The molecule has 0 aliphatic carbocycles. The van der Waals surface area contributed by atoms with Crippen molar-refractivity contribution >= 4 is 23.8 Å². The lowest BCUT2D eigenvalue weighted by molar-refractivity contribution is -0.140. The van der Waals surface area contributed by atoms with Crippen molar-refractivity contribution in [3.05, 3.63) is 35.9 Å². The molecule has 0 unspecified atom stereocenters. The third kappa shape index (κ3) is 3.68. The molecule has 1 aromatic carbocycles. The zero-order valence-corrected chi connectivity index (χ0v) is 15.2. The number of hydrogen-bond donors (Lipinski definition) is 2. The highest BCUT2D eigenvalue weighted by Gasteiger charge is 2.52. The number of likely N-dealkylation sites (N-methyl/N-ethyl adjacent to an activating group) is 2. The number of hydrogen-bond acceptors (Lipinski definition) is 4. The van der Waals surface area contributed by atoms with Crippen molar-refractivity contribution in [3.8, 4) is 0 Å². The van der Waals surface area contributed by atoms with Gasteiger partial charge < -0.3 is 15.5 Å². The van der Waals surface area contributed by atoms with E-state index in [2.05, 4.69) is 10.6 Å². The molecule has 1 fully saturated rings. The molecule has 1 aliphatic rings. The molecule has 1 aromatic rings. The minimum Gasteiger partial charge on any atom is -0.358 e. The van der Waals surface area contributed by atoms with E-state index in [1.165, 1.54) is 19.0 Å². The van der Waals surface area contributed by atoms with Gasteiger partial charge in [-0.15, -0.1) is 0 Å². The van der Waals surface area contributed by atoms with E-state index in [9.17, 15) is 19.2 Å². The van der Waals surface area contributed by atoms with Gasteiger partial charge in [0.05, 0.1) is 6.54 Å². The summed E-state index contributed by atoms with van der Waals surface area (Å²) in [7, 11) is 2.92. The van der Waals surface area contributed by atoms with Gasteiger partial charge in [0.25, 0.3) is 5.91 Å². The van der Waals surface area contributed by atoms with Gasteiger partial charge in [-0.25, -0.2) is 4.79 Å². The first-order valence-electron chi connectivity index (χ1n) is 8.50. The standard InChI is InChI=1S/C18H24N4O4/c1-4-10-18(13-8-6-5-7-9-13)16(25)22(17(26)20-18)12-15(24)21(3)11-14(23)19-2/h5-9H,4,10-12H2,1-3H3,(H,19,23)(H,20,26)/t18-/m1/s1. The minimum absolute atomic E-state index is 0.141. The van der Waals surface area contributed by atoms with E-state index in [1.807, 2.05) is 13.0 Å². The number of carbonyl (C=O) groups excluding carboxylic acids is 4. The summed E-state index contributed by atoms with van der Waals surface area (Å²) >= 11 is 0. The lowest BCUT2D eigenvalue weighted by Crippen LogP contribution is -2.46. The molecule has 0 aromatic heterocycles. The van der Waals surface area contributed by atoms with Gasteiger partial charge in [-0.05, 0) is 12.0 Å². The molecule has 0 spiro atoms. The van der Waals surface area contributed by atoms with Crippen LogP contribution in [0.3, 0.4) is 0 Å². The van der Waals surface area contributed by atoms with E-state index in [1.54, 1.807) is 24.3 Å². The molecular weight excluding hydrogens is 336 g/mol. The molecule has 26 heavy (non-hydrogen) atoms. The van der Waals surface area contributed by atoms with Crippen LogP contribution in [-0.4, -0.2) is 60.7 Å². The highest BCUT2D eigenvalue weighted by atomic mass is 16.2. The van der Waals surface area contributed by atoms with Crippen molar-refractivity contribution in [1.29, 1.82) is 0 Å². The zero-order chi connectivity index (χ0) is 19.3. The van der Waals surface area contributed by atoms with E-state index in [0.717, 1.165) is 4.90 Å². The highest BCUT2D eigenvalue weighted by Crippen LogP contribution is 2.33. The average Bonchev–Trinajstić information content (AvgIpc) is 2.87. The number of nitrogens with one attached hydrogen (secondary N) is 2. The van der Waals surface area contributed by atoms with Crippen molar-refractivity contribution < 1.29 is 19.2 Å². The smallest absolute Gasteiger partial charge is 0.325 e. The number of imide groups is 1. The van der Waals surface area contributed by atoms with Crippen molar-refractivity contribution in [1.82, 2.24) is 20.4 Å². The fraction of sp³-hybridized carbons (Fsp3) is 0.444. The van der Waals surface area contributed by atoms with E-state index in [0.29, 0.717) is 18.4 Å². The van der Waals surface area contributed by atoms with Gasteiger partial charge in [-0.3, -0.25) is 19.3 Å². The Morgan fingerprint density at radius 3 is 2.46 bits per heavy atom. The largest absolute Gasteiger partial charge is 0.358 e. The van der Waals surface area contributed by atoms with Crippen LogP contribution in [0.2, 0.25) is 0 Å². The molecule has 140 valence electrons. The van der Waals surface area contributed by atoms with E-state index in [-0.39, 0.29) is 12.5 Å². The number of amides is 5. The second-order valence-electron chi connectivity index (χ2n) is 6.27. The molecule has 8 nitrogen and oxygen atoms in total. The number of benzene rings is 1. The molecular formula is C18H24N4O4. The van der Waals surface area contributed by atoms with Crippen molar-refractivity contribution in [3.63, 3.8) is 0 Å². The Morgan fingerprint density at radius 2 is 1.88 bits per heavy atom. The second kappa shape index (κ2) is 7.99. The molecule has 0 radical (unpaired) electrons. The van der Waals surface area contributed by atoms with Crippen molar-refractivity contribution in [2.75, 3.05) is 27.2 Å². The Balaban J connectivity index is 2.21. The van der Waals surface area contributed by atoms with Crippen LogP contribution < -0.4 is 10.6 Å². The van der Waals surface area contributed by atoms with Crippen LogP contribution in [0, 0.1) is 0 Å². The van der Waals surface area contributed by atoms with Crippen LogP contribution in [-0.2, 0) is 19.9 Å². The van der Waals surface area contributed by atoms with Crippen LogP contribution >= 0.6 is 0 Å². The topological polar surface area (TPSA) is 98.8 Å². The summed E-state index contributed by atoms with van der Waals surface area (Å²) in [6.07, 6.45) is 1.11. The summed E-state index contributed by atoms with van der Waals surface area (Å²) in [5.41, 5.74) is -0.471. The Bertz CT molecular complexity index is 706. The molecule has 5 amide bonds. The first kappa shape index (κ1) is 19.4. The van der Waals surface area contributed by atoms with Crippen molar-refractivity contribution in [2.24, 2.45) is 0 Å². The summed E-state index contributed by atoms with van der Waals surface area (Å²) in [6, 6.07) is 8.41. The number of rotatable bonds is 7. The molecule has 2 N–H and O–H groups in total.